The van der Waals surface area contributed by atoms with Crippen molar-refractivity contribution < 1.29 is 9.26 Å². The lowest BCUT2D eigenvalue weighted by Gasteiger charge is -2.36. The van der Waals surface area contributed by atoms with E-state index >= 15 is 0 Å². The van der Waals surface area contributed by atoms with Crippen molar-refractivity contribution in [2.75, 3.05) is 26.2 Å². The zero-order chi connectivity index (χ0) is 11.8. The standard InChI is InChI=1S/C12H19N3O2.ClH/c1-8-10(9(2)17-14-8)7-15-3-4-16-12-6-13-5-11(12)15;/h11-13H,3-7H2,1-2H3;1H/t11-,12+;/m1./s1. The Kier molecular flexibility index (Phi) is 4.27. The number of aryl methyl sites for hydroxylation is 2. The summed E-state index contributed by atoms with van der Waals surface area (Å²) in [5, 5.41) is 7.42. The molecule has 3 rings (SSSR count). The molecule has 5 nitrogen and oxygen atoms in total. The fourth-order valence-electron chi connectivity index (χ4n) is 2.79. The molecule has 102 valence electrons. The molecular weight excluding hydrogens is 254 g/mol. The van der Waals surface area contributed by atoms with Gasteiger partial charge in [-0.05, 0) is 13.8 Å². The van der Waals surface area contributed by atoms with E-state index in [-0.39, 0.29) is 12.4 Å². The van der Waals surface area contributed by atoms with Gasteiger partial charge in [-0.15, -0.1) is 12.4 Å². The quantitative estimate of drug-likeness (QED) is 0.867. The topological polar surface area (TPSA) is 50.5 Å². The summed E-state index contributed by atoms with van der Waals surface area (Å²) in [4.78, 5) is 2.49. The van der Waals surface area contributed by atoms with Crippen LogP contribution in [0.2, 0.25) is 0 Å². The number of fused-ring (bicyclic) bond motifs is 1. The van der Waals surface area contributed by atoms with Crippen LogP contribution in [0, 0.1) is 13.8 Å². The van der Waals surface area contributed by atoms with Gasteiger partial charge in [-0.25, -0.2) is 0 Å². The first-order valence-corrected chi connectivity index (χ1v) is 6.24. The zero-order valence-corrected chi connectivity index (χ0v) is 11.6. The molecule has 0 spiro atoms. The Morgan fingerprint density at radius 1 is 1.39 bits per heavy atom. The van der Waals surface area contributed by atoms with Gasteiger partial charge >= 0.3 is 0 Å². The maximum atomic E-state index is 5.77. The Balaban J connectivity index is 0.00000120. The van der Waals surface area contributed by atoms with Crippen molar-refractivity contribution in [3.8, 4) is 0 Å². The number of ether oxygens (including phenoxy) is 1. The van der Waals surface area contributed by atoms with E-state index in [1.807, 2.05) is 13.8 Å². The number of hydrogen-bond acceptors (Lipinski definition) is 5. The van der Waals surface area contributed by atoms with Crippen LogP contribution in [-0.2, 0) is 11.3 Å². The Bertz CT molecular complexity index is 391. The van der Waals surface area contributed by atoms with Crippen LogP contribution in [0.5, 0.6) is 0 Å². The van der Waals surface area contributed by atoms with Crippen LogP contribution in [0.25, 0.3) is 0 Å². The van der Waals surface area contributed by atoms with Gasteiger partial charge in [0.25, 0.3) is 0 Å². The normalized spacial score (nSPS) is 27.9. The van der Waals surface area contributed by atoms with Gasteiger partial charge in [-0.2, -0.15) is 0 Å². The SMILES string of the molecule is Cc1noc(C)c1CN1CCO[C@H]2CNC[C@H]21.Cl. The molecular formula is C12H20ClN3O2. The summed E-state index contributed by atoms with van der Waals surface area (Å²) < 4.78 is 11.0. The molecule has 0 radical (unpaired) electrons. The van der Waals surface area contributed by atoms with Gasteiger partial charge in [-0.3, -0.25) is 4.90 Å². The highest BCUT2D eigenvalue weighted by molar-refractivity contribution is 5.85. The average Bonchev–Trinajstić information content (AvgIpc) is 2.91. The Labute approximate surface area is 113 Å². The van der Waals surface area contributed by atoms with Gasteiger partial charge in [0, 0.05) is 37.8 Å². The van der Waals surface area contributed by atoms with E-state index in [0.29, 0.717) is 12.1 Å². The monoisotopic (exact) mass is 273 g/mol. The second-order valence-electron chi connectivity index (χ2n) is 4.91. The molecule has 1 N–H and O–H groups in total. The molecule has 0 amide bonds. The number of rotatable bonds is 2. The van der Waals surface area contributed by atoms with Crippen LogP contribution in [0.3, 0.4) is 0 Å². The van der Waals surface area contributed by atoms with Crippen LogP contribution in [0.15, 0.2) is 4.52 Å². The van der Waals surface area contributed by atoms with E-state index in [4.69, 9.17) is 9.26 Å². The summed E-state index contributed by atoms with van der Waals surface area (Å²) >= 11 is 0. The molecule has 2 fully saturated rings. The molecule has 1 aromatic heterocycles. The lowest BCUT2D eigenvalue weighted by Crippen LogP contribution is -2.50. The van der Waals surface area contributed by atoms with Gasteiger partial charge in [0.1, 0.15) is 5.76 Å². The fraction of sp³-hybridized carbons (Fsp3) is 0.750. The first-order valence-electron chi connectivity index (χ1n) is 6.24. The van der Waals surface area contributed by atoms with Crippen LogP contribution >= 0.6 is 12.4 Å². The highest BCUT2D eigenvalue weighted by atomic mass is 35.5. The maximum absolute atomic E-state index is 5.77. The summed E-state index contributed by atoms with van der Waals surface area (Å²) in [5.74, 6) is 0.941. The van der Waals surface area contributed by atoms with E-state index in [2.05, 4.69) is 15.4 Å². The van der Waals surface area contributed by atoms with E-state index in [9.17, 15) is 0 Å². The van der Waals surface area contributed by atoms with Crippen molar-refractivity contribution in [2.24, 2.45) is 0 Å². The highest BCUT2D eigenvalue weighted by Gasteiger charge is 2.36. The number of halogens is 1. The molecule has 0 aliphatic carbocycles. The van der Waals surface area contributed by atoms with Crippen LogP contribution in [0.4, 0.5) is 0 Å². The number of nitrogens with zero attached hydrogens (tertiary/aromatic N) is 2. The highest BCUT2D eigenvalue weighted by Crippen LogP contribution is 2.22. The first kappa shape index (κ1) is 13.8. The summed E-state index contributed by atoms with van der Waals surface area (Å²) in [6.07, 6.45) is 0.351. The minimum atomic E-state index is 0. The van der Waals surface area contributed by atoms with Crippen LogP contribution in [-0.4, -0.2) is 48.4 Å². The lowest BCUT2D eigenvalue weighted by atomic mass is 10.1. The molecule has 2 atom stereocenters. The first-order chi connectivity index (χ1) is 8.25. The minimum absolute atomic E-state index is 0. The Hall–Kier alpha value is -0.620. The van der Waals surface area contributed by atoms with Gasteiger partial charge in [0.2, 0.25) is 0 Å². The molecule has 3 heterocycles. The molecule has 18 heavy (non-hydrogen) atoms. The van der Waals surface area contributed by atoms with Crippen molar-refractivity contribution in [3.63, 3.8) is 0 Å². The van der Waals surface area contributed by atoms with E-state index in [0.717, 1.165) is 44.2 Å². The third kappa shape index (κ3) is 2.40. The van der Waals surface area contributed by atoms with Crippen molar-refractivity contribution in [1.82, 2.24) is 15.4 Å². The number of morpholine rings is 1. The van der Waals surface area contributed by atoms with E-state index in [1.165, 1.54) is 5.56 Å². The van der Waals surface area contributed by atoms with E-state index in [1.54, 1.807) is 0 Å². The summed E-state index contributed by atoms with van der Waals surface area (Å²) in [6, 6.07) is 0.498. The zero-order valence-electron chi connectivity index (χ0n) is 10.8. The second kappa shape index (κ2) is 5.57. The number of nitrogens with one attached hydrogen (secondary N) is 1. The Morgan fingerprint density at radius 2 is 2.22 bits per heavy atom. The van der Waals surface area contributed by atoms with Gasteiger partial charge < -0.3 is 14.6 Å². The molecule has 0 unspecified atom stereocenters. The summed E-state index contributed by atoms with van der Waals surface area (Å²) in [6.45, 7) is 8.74. The minimum Gasteiger partial charge on any atom is -0.374 e. The summed E-state index contributed by atoms with van der Waals surface area (Å²) in [7, 11) is 0. The van der Waals surface area contributed by atoms with Gasteiger partial charge in [-0.1, -0.05) is 5.16 Å². The summed E-state index contributed by atoms with van der Waals surface area (Å²) in [5.41, 5.74) is 2.24. The van der Waals surface area contributed by atoms with E-state index < -0.39 is 0 Å². The van der Waals surface area contributed by atoms with Crippen molar-refractivity contribution in [3.05, 3.63) is 17.0 Å². The molecule has 0 bridgehead atoms. The van der Waals surface area contributed by atoms with Crippen molar-refractivity contribution in [1.29, 1.82) is 0 Å². The van der Waals surface area contributed by atoms with Crippen LogP contribution < -0.4 is 5.32 Å². The molecule has 2 saturated heterocycles. The second-order valence-corrected chi connectivity index (χ2v) is 4.91. The molecule has 0 aromatic carbocycles. The van der Waals surface area contributed by atoms with Crippen molar-refractivity contribution in [2.45, 2.75) is 32.5 Å². The smallest absolute Gasteiger partial charge is 0.138 e. The maximum Gasteiger partial charge on any atom is 0.138 e. The predicted molar refractivity (Wildman–Crippen MR) is 70.0 cm³/mol. The molecule has 6 heteroatoms. The largest absolute Gasteiger partial charge is 0.374 e. The van der Waals surface area contributed by atoms with Gasteiger partial charge in [0.05, 0.1) is 18.4 Å². The predicted octanol–water partition coefficient (Wildman–Crippen LogP) is 0.886. The Morgan fingerprint density at radius 3 is 2.94 bits per heavy atom. The van der Waals surface area contributed by atoms with Crippen molar-refractivity contribution >= 4 is 12.4 Å². The van der Waals surface area contributed by atoms with Gasteiger partial charge in [0.15, 0.2) is 0 Å². The third-order valence-electron chi connectivity index (χ3n) is 3.85. The average molecular weight is 274 g/mol. The number of hydrogen-bond donors (Lipinski definition) is 1. The molecule has 1 aromatic rings. The third-order valence-corrected chi connectivity index (χ3v) is 3.85. The fourth-order valence-corrected chi connectivity index (χ4v) is 2.79. The molecule has 0 saturated carbocycles. The number of aromatic nitrogens is 1. The van der Waals surface area contributed by atoms with Crippen LogP contribution in [0.1, 0.15) is 17.0 Å². The molecule has 2 aliphatic heterocycles. The molecule has 2 aliphatic rings. The lowest BCUT2D eigenvalue weighted by molar-refractivity contribution is -0.0502.